The molecule has 11 heavy (non-hydrogen) atoms. The Balaban J connectivity index is 3.54. The predicted octanol–water partition coefficient (Wildman–Crippen LogP) is 4.02. The smallest absolute Gasteiger partial charge is 0.0236 e. The molecule has 2 atom stereocenters. The Kier molecular flexibility index (Phi) is 6.30. The van der Waals surface area contributed by atoms with E-state index in [1.54, 1.807) is 0 Å². The fourth-order valence-corrected chi connectivity index (χ4v) is 1.28. The van der Waals surface area contributed by atoms with Gasteiger partial charge in [-0.05, 0) is 18.8 Å². The Morgan fingerprint density at radius 1 is 1.27 bits per heavy atom. The molecule has 0 amide bonds. The highest BCUT2D eigenvalue weighted by Gasteiger charge is 2.06. The molecule has 66 valence electrons. The van der Waals surface area contributed by atoms with Crippen molar-refractivity contribution >= 4 is 0 Å². The third-order valence-corrected chi connectivity index (χ3v) is 2.41. The zero-order valence-electron chi connectivity index (χ0n) is 8.43. The summed E-state index contributed by atoms with van der Waals surface area (Å²) >= 11 is 0. The van der Waals surface area contributed by atoms with Crippen LogP contribution in [0.4, 0.5) is 0 Å². The molecule has 0 aromatic rings. The van der Waals surface area contributed by atoms with Crippen LogP contribution < -0.4 is 0 Å². The largest absolute Gasteiger partial charge is 0.0914 e. The van der Waals surface area contributed by atoms with E-state index in [-0.39, 0.29) is 0 Å². The molecule has 0 aromatic carbocycles. The van der Waals surface area contributed by atoms with Crippen molar-refractivity contribution in [1.82, 2.24) is 0 Å². The van der Waals surface area contributed by atoms with Crippen LogP contribution in [-0.2, 0) is 0 Å². The summed E-state index contributed by atoms with van der Waals surface area (Å²) in [6.45, 7) is 9.01. The molecule has 0 aliphatic heterocycles. The quantitative estimate of drug-likeness (QED) is 0.524. The lowest BCUT2D eigenvalue weighted by molar-refractivity contribution is 0.413. The molecule has 0 rings (SSSR count). The van der Waals surface area contributed by atoms with E-state index in [1.807, 2.05) is 0 Å². The highest BCUT2D eigenvalue weighted by molar-refractivity contribution is 4.85. The van der Waals surface area contributed by atoms with E-state index in [2.05, 4.69) is 39.8 Å². The topological polar surface area (TPSA) is 0 Å². The molecule has 0 aromatic heterocycles. The van der Waals surface area contributed by atoms with Gasteiger partial charge in [0.15, 0.2) is 0 Å². The average Bonchev–Trinajstić information content (AvgIpc) is 2.00. The van der Waals surface area contributed by atoms with Crippen LogP contribution in [0, 0.1) is 11.8 Å². The van der Waals surface area contributed by atoms with Crippen molar-refractivity contribution < 1.29 is 0 Å². The first-order valence-electron chi connectivity index (χ1n) is 4.85. The monoisotopic (exact) mass is 154 g/mol. The van der Waals surface area contributed by atoms with Gasteiger partial charge in [-0.25, -0.2) is 0 Å². The summed E-state index contributed by atoms with van der Waals surface area (Å²) in [5, 5.41) is 0. The zero-order valence-corrected chi connectivity index (χ0v) is 8.43. The van der Waals surface area contributed by atoms with Gasteiger partial charge in [0.05, 0.1) is 0 Å². The Morgan fingerprint density at radius 3 is 2.36 bits per heavy atom. The molecule has 0 nitrogen and oxygen atoms in total. The summed E-state index contributed by atoms with van der Waals surface area (Å²) in [7, 11) is 0. The van der Waals surface area contributed by atoms with Crippen molar-refractivity contribution in [3.05, 3.63) is 12.2 Å². The minimum absolute atomic E-state index is 0.756. The lowest BCUT2D eigenvalue weighted by Gasteiger charge is -2.15. The van der Waals surface area contributed by atoms with Crippen molar-refractivity contribution in [2.24, 2.45) is 11.8 Å². The second-order valence-electron chi connectivity index (χ2n) is 3.50. The van der Waals surface area contributed by atoms with Gasteiger partial charge < -0.3 is 0 Å². The number of rotatable bonds is 5. The van der Waals surface area contributed by atoms with Crippen LogP contribution in [0.2, 0.25) is 0 Å². The fourth-order valence-electron chi connectivity index (χ4n) is 1.28. The third kappa shape index (κ3) is 5.06. The van der Waals surface area contributed by atoms with Crippen LogP contribution >= 0.6 is 0 Å². The minimum Gasteiger partial charge on any atom is -0.0914 e. The summed E-state index contributed by atoms with van der Waals surface area (Å²) in [6.07, 6.45) is 8.55. The van der Waals surface area contributed by atoms with Crippen LogP contribution in [-0.4, -0.2) is 0 Å². The second kappa shape index (κ2) is 6.45. The zero-order chi connectivity index (χ0) is 8.69. The maximum Gasteiger partial charge on any atom is -0.0236 e. The Hall–Kier alpha value is -0.260. The Morgan fingerprint density at radius 2 is 1.91 bits per heavy atom. The van der Waals surface area contributed by atoms with Crippen molar-refractivity contribution in [3.63, 3.8) is 0 Å². The molecule has 0 aliphatic carbocycles. The van der Waals surface area contributed by atoms with E-state index in [0.717, 1.165) is 11.8 Å². The standard InChI is InChI=1S/C11H22/c1-5-7-9-11(4)10(3)8-6-2/h6,8,10-11H,5,7,9H2,1-4H3/b8-6+. The molecule has 0 bridgehead atoms. The number of allylic oxidation sites excluding steroid dienone is 2. The molecule has 0 N–H and O–H groups in total. The first-order chi connectivity index (χ1) is 5.22. The summed E-state index contributed by atoms with van der Waals surface area (Å²) in [4.78, 5) is 0. The highest BCUT2D eigenvalue weighted by atomic mass is 14.1. The van der Waals surface area contributed by atoms with E-state index < -0.39 is 0 Å². The molecule has 0 spiro atoms. The van der Waals surface area contributed by atoms with Crippen molar-refractivity contribution in [3.8, 4) is 0 Å². The molecule has 2 unspecified atom stereocenters. The summed E-state index contributed by atoms with van der Waals surface area (Å²) in [5.74, 6) is 1.61. The lowest BCUT2D eigenvalue weighted by atomic mass is 9.91. The van der Waals surface area contributed by atoms with Crippen LogP contribution in [0.15, 0.2) is 12.2 Å². The van der Waals surface area contributed by atoms with E-state index in [4.69, 9.17) is 0 Å². The number of hydrogen-bond acceptors (Lipinski definition) is 0. The Bertz CT molecular complexity index is 103. The minimum atomic E-state index is 0.756. The van der Waals surface area contributed by atoms with Gasteiger partial charge in [0.25, 0.3) is 0 Å². The molecule has 0 heteroatoms. The van der Waals surface area contributed by atoms with Gasteiger partial charge in [0, 0.05) is 0 Å². The van der Waals surface area contributed by atoms with Crippen molar-refractivity contribution in [2.75, 3.05) is 0 Å². The maximum absolute atomic E-state index is 2.35. The molecular formula is C11H22. The van der Waals surface area contributed by atoms with Gasteiger partial charge in [0.2, 0.25) is 0 Å². The predicted molar refractivity (Wildman–Crippen MR) is 52.7 cm³/mol. The summed E-state index contributed by atoms with van der Waals surface area (Å²) in [6, 6.07) is 0. The normalized spacial score (nSPS) is 17.1. The van der Waals surface area contributed by atoms with Gasteiger partial charge in [0.1, 0.15) is 0 Å². The van der Waals surface area contributed by atoms with Crippen LogP contribution in [0.1, 0.15) is 47.0 Å². The molecule has 0 fully saturated rings. The molecule has 0 saturated carbocycles. The fraction of sp³-hybridized carbons (Fsp3) is 0.818. The molecule has 0 saturated heterocycles. The van der Waals surface area contributed by atoms with Gasteiger partial charge in [-0.15, -0.1) is 0 Å². The van der Waals surface area contributed by atoms with Gasteiger partial charge in [-0.3, -0.25) is 0 Å². The van der Waals surface area contributed by atoms with E-state index >= 15 is 0 Å². The van der Waals surface area contributed by atoms with E-state index in [1.165, 1.54) is 19.3 Å². The van der Waals surface area contributed by atoms with Crippen molar-refractivity contribution in [1.29, 1.82) is 0 Å². The SMILES string of the molecule is C/C=C/C(C)C(C)CCCC. The van der Waals surface area contributed by atoms with Gasteiger partial charge in [-0.1, -0.05) is 52.2 Å². The lowest BCUT2D eigenvalue weighted by Crippen LogP contribution is -2.04. The number of unbranched alkanes of at least 4 members (excludes halogenated alkanes) is 1. The summed E-state index contributed by atoms with van der Waals surface area (Å²) in [5.41, 5.74) is 0. The first kappa shape index (κ1) is 10.7. The van der Waals surface area contributed by atoms with Crippen LogP contribution in [0.3, 0.4) is 0 Å². The van der Waals surface area contributed by atoms with Gasteiger partial charge >= 0.3 is 0 Å². The molecule has 0 aliphatic rings. The van der Waals surface area contributed by atoms with Crippen molar-refractivity contribution in [2.45, 2.75) is 47.0 Å². The Labute approximate surface area is 71.7 Å². The van der Waals surface area contributed by atoms with E-state index in [0.29, 0.717) is 0 Å². The van der Waals surface area contributed by atoms with E-state index in [9.17, 15) is 0 Å². The van der Waals surface area contributed by atoms with Crippen LogP contribution in [0.25, 0.3) is 0 Å². The highest BCUT2D eigenvalue weighted by Crippen LogP contribution is 2.18. The number of hydrogen-bond donors (Lipinski definition) is 0. The third-order valence-electron chi connectivity index (χ3n) is 2.41. The average molecular weight is 154 g/mol. The molecule has 0 radical (unpaired) electrons. The summed E-state index contributed by atoms with van der Waals surface area (Å²) < 4.78 is 0. The maximum atomic E-state index is 2.35. The first-order valence-corrected chi connectivity index (χ1v) is 4.85. The van der Waals surface area contributed by atoms with Gasteiger partial charge in [-0.2, -0.15) is 0 Å². The second-order valence-corrected chi connectivity index (χ2v) is 3.50. The van der Waals surface area contributed by atoms with Crippen LogP contribution in [0.5, 0.6) is 0 Å². The molecular weight excluding hydrogens is 132 g/mol. The molecule has 0 heterocycles.